The summed E-state index contributed by atoms with van der Waals surface area (Å²) in [5.41, 5.74) is -0.627. The van der Waals surface area contributed by atoms with Crippen LogP contribution in [0.3, 0.4) is 0 Å². The van der Waals surface area contributed by atoms with Crippen LogP contribution in [0.2, 0.25) is 5.02 Å². The fraction of sp³-hybridized carbons (Fsp3) is 0.391. The van der Waals surface area contributed by atoms with E-state index in [9.17, 15) is 24.2 Å². The van der Waals surface area contributed by atoms with E-state index in [4.69, 9.17) is 16.3 Å². The first-order valence-electron chi connectivity index (χ1n) is 9.86. The molecule has 1 amide bonds. The SMILES string of the molecule is CC(C)(C)OC(=O)N[C@H]1C[C@@](CO)(C(=O)O)C1c1ccc(-c2cc(Cl)ccc2F)cc1. The number of amides is 1. The van der Waals surface area contributed by atoms with E-state index in [1.54, 1.807) is 45.0 Å². The van der Waals surface area contributed by atoms with Gasteiger partial charge in [-0.1, -0.05) is 35.9 Å². The van der Waals surface area contributed by atoms with Gasteiger partial charge < -0.3 is 20.3 Å². The number of rotatable bonds is 5. The summed E-state index contributed by atoms with van der Waals surface area (Å²) in [6.45, 7) is 4.61. The molecule has 1 unspecified atom stereocenters. The van der Waals surface area contributed by atoms with E-state index in [1.165, 1.54) is 18.2 Å². The second kappa shape index (κ2) is 8.48. The average molecular weight is 450 g/mol. The van der Waals surface area contributed by atoms with Gasteiger partial charge in [-0.3, -0.25) is 4.79 Å². The molecule has 8 heteroatoms. The van der Waals surface area contributed by atoms with Crippen LogP contribution < -0.4 is 5.32 Å². The third-order valence-electron chi connectivity index (χ3n) is 5.50. The Balaban J connectivity index is 1.90. The Bertz CT molecular complexity index is 988. The lowest BCUT2D eigenvalue weighted by atomic mass is 9.54. The van der Waals surface area contributed by atoms with Crippen molar-refractivity contribution in [3.8, 4) is 11.1 Å². The monoisotopic (exact) mass is 449 g/mol. The third kappa shape index (κ3) is 4.67. The molecule has 0 aliphatic heterocycles. The molecule has 0 spiro atoms. The zero-order chi connectivity index (χ0) is 23.0. The maximum Gasteiger partial charge on any atom is 0.407 e. The van der Waals surface area contributed by atoms with Crippen molar-refractivity contribution >= 4 is 23.7 Å². The van der Waals surface area contributed by atoms with Crippen molar-refractivity contribution < 1.29 is 28.9 Å². The molecule has 3 rings (SSSR count). The summed E-state index contributed by atoms with van der Waals surface area (Å²) < 4.78 is 19.5. The zero-order valence-corrected chi connectivity index (χ0v) is 18.2. The first-order chi connectivity index (χ1) is 14.5. The molecule has 3 atom stereocenters. The highest BCUT2D eigenvalue weighted by Gasteiger charge is 2.60. The molecule has 3 N–H and O–H groups in total. The number of hydrogen-bond acceptors (Lipinski definition) is 4. The Hall–Kier alpha value is -2.64. The quantitative estimate of drug-likeness (QED) is 0.620. The average Bonchev–Trinajstić information content (AvgIpc) is 2.65. The van der Waals surface area contributed by atoms with Crippen LogP contribution in [0, 0.1) is 11.2 Å². The molecule has 1 fully saturated rings. The van der Waals surface area contributed by atoms with Gasteiger partial charge in [-0.25, -0.2) is 9.18 Å². The van der Waals surface area contributed by atoms with Crippen LogP contribution in [-0.4, -0.2) is 40.5 Å². The molecule has 1 saturated carbocycles. The number of aliphatic hydroxyl groups excluding tert-OH is 1. The minimum absolute atomic E-state index is 0.0629. The molecule has 1 aliphatic rings. The molecule has 0 radical (unpaired) electrons. The molecule has 2 aromatic rings. The number of alkyl carbamates (subject to hydrolysis) is 1. The summed E-state index contributed by atoms with van der Waals surface area (Å²) in [6, 6.07) is 10.4. The number of aliphatic hydroxyl groups is 1. The van der Waals surface area contributed by atoms with Gasteiger partial charge in [0.1, 0.15) is 16.8 Å². The molecular weight excluding hydrogens is 425 g/mol. The van der Waals surface area contributed by atoms with Gasteiger partial charge in [-0.05, 0) is 56.5 Å². The number of carbonyl (C=O) groups excluding carboxylic acids is 1. The van der Waals surface area contributed by atoms with E-state index < -0.39 is 47.5 Å². The summed E-state index contributed by atoms with van der Waals surface area (Å²) in [5, 5.41) is 22.8. The highest BCUT2D eigenvalue weighted by molar-refractivity contribution is 6.30. The van der Waals surface area contributed by atoms with Crippen molar-refractivity contribution in [3.63, 3.8) is 0 Å². The van der Waals surface area contributed by atoms with Gasteiger partial charge >= 0.3 is 12.1 Å². The van der Waals surface area contributed by atoms with Gasteiger partial charge in [0, 0.05) is 22.5 Å². The standard InChI is InChI=1S/C23H25ClFNO5/c1-22(2,3)31-21(30)26-18-11-23(12-27,20(28)29)19(18)14-6-4-13(5-7-14)16-10-15(24)8-9-17(16)25/h4-10,18-19,27H,11-12H2,1-3H3,(H,26,30)(H,28,29)/t18-,19?,23-/m0/s1. The number of carboxylic acid groups (broad SMARTS) is 1. The third-order valence-corrected chi connectivity index (χ3v) is 5.74. The lowest BCUT2D eigenvalue weighted by Gasteiger charge is -2.51. The molecule has 0 saturated heterocycles. The predicted octanol–water partition coefficient (Wildman–Crippen LogP) is 4.59. The first kappa shape index (κ1) is 23.0. The van der Waals surface area contributed by atoms with Crippen molar-refractivity contribution in [2.75, 3.05) is 6.61 Å². The van der Waals surface area contributed by atoms with Gasteiger partial charge in [0.15, 0.2) is 0 Å². The van der Waals surface area contributed by atoms with E-state index in [1.807, 2.05) is 0 Å². The van der Waals surface area contributed by atoms with Crippen molar-refractivity contribution in [1.82, 2.24) is 5.32 Å². The molecule has 1 aliphatic carbocycles. The Kier molecular flexibility index (Phi) is 6.30. The number of benzene rings is 2. The Morgan fingerprint density at radius 1 is 1.23 bits per heavy atom. The van der Waals surface area contributed by atoms with E-state index in [0.29, 0.717) is 21.7 Å². The van der Waals surface area contributed by atoms with Crippen molar-refractivity contribution in [2.24, 2.45) is 5.41 Å². The number of halogens is 2. The minimum Gasteiger partial charge on any atom is -0.481 e. The Morgan fingerprint density at radius 2 is 1.87 bits per heavy atom. The molecule has 0 heterocycles. The van der Waals surface area contributed by atoms with E-state index in [2.05, 4.69) is 5.32 Å². The van der Waals surface area contributed by atoms with Crippen molar-refractivity contribution in [2.45, 2.75) is 44.8 Å². The van der Waals surface area contributed by atoms with Crippen molar-refractivity contribution in [1.29, 1.82) is 0 Å². The molecular formula is C23H25ClFNO5. The molecule has 0 bridgehead atoms. The maximum atomic E-state index is 14.2. The van der Waals surface area contributed by atoms with Gasteiger partial charge in [0.25, 0.3) is 0 Å². The van der Waals surface area contributed by atoms with Gasteiger partial charge in [0.05, 0.1) is 6.61 Å². The van der Waals surface area contributed by atoms with Gasteiger partial charge in [-0.2, -0.15) is 0 Å². The number of nitrogens with one attached hydrogen (secondary N) is 1. The Morgan fingerprint density at radius 3 is 2.42 bits per heavy atom. The van der Waals surface area contributed by atoms with E-state index in [-0.39, 0.29) is 6.42 Å². The number of hydrogen-bond donors (Lipinski definition) is 3. The van der Waals surface area contributed by atoms with Crippen LogP contribution in [0.25, 0.3) is 11.1 Å². The lowest BCUT2D eigenvalue weighted by Crippen LogP contribution is -2.62. The predicted molar refractivity (Wildman–Crippen MR) is 115 cm³/mol. The lowest BCUT2D eigenvalue weighted by molar-refractivity contribution is -0.163. The number of ether oxygens (including phenoxy) is 1. The highest BCUT2D eigenvalue weighted by atomic mass is 35.5. The number of carboxylic acids is 1. The van der Waals surface area contributed by atoms with Gasteiger partial charge in [-0.15, -0.1) is 0 Å². The second-order valence-corrected chi connectivity index (χ2v) is 9.24. The molecule has 2 aromatic carbocycles. The smallest absolute Gasteiger partial charge is 0.407 e. The van der Waals surface area contributed by atoms with Crippen LogP contribution in [0.4, 0.5) is 9.18 Å². The molecule has 0 aromatic heterocycles. The summed E-state index contributed by atoms with van der Waals surface area (Å²) in [6.07, 6.45) is -0.593. The zero-order valence-electron chi connectivity index (χ0n) is 17.5. The van der Waals surface area contributed by atoms with Gasteiger partial charge in [0.2, 0.25) is 0 Å². The van der Waals surface area contributed by atoms with Crippen LogP contribution in [0.5, 0.6) is 0 Å². The molecule has 166 valence electrons. The largest absolute Gasteiger partial charge is 0.481 e. The molecule has 31 heavy (non-hydrogen) atoms. The first-order valence-corrected chi connectivity index (χ1v) is 10.2. The number of aliphatic carboxylic acids is 1. The summed E-state index contributed by atoms with van der Waals surface area (Å²) >= 11 is 5.97. The normalized spacial score (nSPS) is 23.0. The van der Waals surface area contributed by atoms with Crippen LogP contribution in [0.15, 0.2) is 42.5 Å². The summed E-state index contributed by atoms with van der Waals surface area (Å²) in [5.74, 6) is -2.26. The maximum absolute atomic E-state index is 14.2. The highest BCUT2D eigenvalue weighted by Crippen LogP contribution is 2.53. The van der Waals surface area contributed by atoms with Crippen LogP contribution in [-0.2, 0) is 9.53 Å². The fourth-order valence-corrected chi connectivity index (χ4v) is 4.22. The second-order valence-electron chi connectivity index (χ2n) is 8.80. The summed E-state index contributed by atoms with van der Waals surface area (Å²) in [7, 11) is 0. The Labute approximate surface area is 185 Å². The topological polar surface area (TPSA) is 95.9 Å². The fourth-order valence-electron chi connectivity index (χ4n) is 4.05. The minimum atomic E-state index is -1.43. The summed E-state index contributed by atoms with van der Waals surface area (Å²) in [4.78, 5) is 24.2. The van der Waals surface area contributed by atoms with E-state index in [0.717, 1.165) is 0 Å². The van der Waals surface area contributed by atoms with Crippen molar-refractivity contribution in [3.05, 3.63) is 58.9 Å². The van der Waals surface area contributed by atoms with Crippen LogP contribution >= 0.6 is 11.6 Å². The van der Waals surface area contributed by atoms with E-state index >= 15 is 0 Å². The van der Waals surface area contributed by atoms with Crippen LogP contribution in [0.1, 0.15) is 38.7 Å². The molecule has 6 nitrogen and oxygen atoms in total. The number of carbonyl (C=O) groups is 2.